The first-order valence-corrected chi connectivity index (χ1v) is 7.27. The van der Waals surface area contributed by atoms with E-state index in [0.29, 0.717) is 24.6 Å². The molecule has 2 N–H and O–H groups in total. The Hall–Kier alpha value is -1.84. The predicted molar refractivity (Wildman–Crippen MR) is 101 cm³/mol. The van der Waals surface area contributed by atoms with Gasteiger partial charge in [0.15, 0.2) is 5.96 Å². The molecule has 0 amide bonds. The molecule has 0 saturated carbocycles. The van der Waals surface area contributed by atoms with E-state index in [4.69, 9.17) is 0 Å². The fourth-order valence-corrected chi connectivity index (χ4v) is 2.08. The van der Waals surface area contributed by atoms with Crippen molar-refractivity contribution < 1.29 is 13.5 Å². The van der Waals surface area contributed by atoms with Crippen molar-refractivity contribution in [1.82, 2.24) is 15.2 Å². The van der Waals surface area contributed by atoms with Crippen LogP contribution >= 0.6 is 24.0 Å². The topological polar surface area (TPSA) is 50.6 Å². The van der Waals surface area contributed by atoms with E-state index >= 15 is 0 Å². The molecule has 24 heavy (non-hydrogen) atoms. The van der Waals surface area contributed by atoms with Gasteiger partial charge in [0.05, 0.1) is 0 Å². The Bertz CT molecular complexity index is 620. The van der Waals surface area contributed by atoms with Crippen LogP contribution in [0.1, 0.15) is 5.56 Å². The smallest absolute Gasteiger partial charge is 0.387 e. The minimum absolute atomic E-state index is 0. The molecule has 1 heterocycles. The molecule has 2 rings (SSSR count). The average Bonchev–Trinajstić information content (AvgIpc) is 3.05. The van der Waals surface area contributed by atoms with E-state index in [9.17, 15) is 8.78 Å². The van der Waals surface area contributed by atoms with Crippen molar-refractivity contribution in [1.29, 1.82) is 0 Å². The van der Waals surface area contributed by atoms with Gasteiger partial charge in [-0.05, 0) is 18.2 Å². The standard InChI is InChI=1S/C16H20F2N4O.HI/c1-19-16(20-8-11-22-9-4-5-10-22)21-12-13-6-2-3-7-14(13)23-15(17)18;/h2-7,9-10,15H,8,11-12H2,1H3,(H2,19,20,21);1H. The fraction of sp³-hybridized carbons (Fsp3) is 0.312. The zero-order chi connectivity index (χ0) is 16.5. The monoisotopic (exact) mass is 450 g/mol. The first kappa shape index (κ1) is 20.2. The van der Waals surface area contributed by atoms with Crippen LogP contribution in [0.2, 0.25) is 0 Å². The van der Waals surface area contributed by atoms with Crippen LogP contribution < -0.4 is 15.4 Å². The van der Waals surface area contributed by atoms with Crippen LogP contribution in [-0.4, -0.2) is 30.7 Å². The van der Waals surface area contributed by atoms with Crippen molar-refractivity contribution in [3.63, 3.8) is 0 Å². The third-order valence-corrected chi connectivity index (χ3v) is 3.19. The number of nitrogens with zero attached hydrogens (tertiary/aromatic N) is 2. The van der Waals surface area contributed by atoms with Gasteiger partial charge in [-0.2, -0.15) is 8.78 Å². The molecule has 0 bridgehead atoms. The molecular weight excluding hydrogens is 429 g/mol. The van der Waals surface area contributed by atoms with Gasteiger partial charge < -0.3 is 19.9 Å². The molecule has 0 saturated heterocycles. The SMILES string of the molecule is CN=C(NCCn1cccc1)NCc1ccccc1OC(F)F.I. The molecule has 0 radical (unpaired) electrons. The van der Waals surface area contributed by atoms with E-state index in [1.165, 1.54) is 6.07 Å². The van der Waals surface area contributed by atoms with E-state index in [0.717, 1.165) is 6.54 Å². The highest BCUT2D eigenvalue weighted by Crippen LogP contribution is 2.19. The molecule has 0 atom stereocenters. The number of rotatable bonds is 7. The Kier molecular flexibility index (Phi) is 9.13. The van der Waals surface area contributed by atoms with Gasteiger partial charge in [0.25, 0.3) is 0 Å². The third kappa shape index (κ3) is 6.73. The van der Waals surface area contributed by atoms with Crippen LogP contribution in [-0.2, 0) is 13.1 Å². The molecule has 0 fully saturated rings. The van der Waals surface area contributed by atoms with Crippen molar-refractivity contribution >= 4 is 29.9 Å². The minimum Gasteiger partial charge on any atom is -0.434 e. The summed E-state index contributed by atoms with van der Waals surface area (Å²) in [6.45, 7) is -0.996. The molecule has 0 aliphatic carbocycles. The minimum atomic E-state index is -2.84. The van der Waals surface area contributed by atoms with Crippen LogP contribution in [0.15, 0.2) is 53.8 Å². The third-order valence-electron chi connectivity index (χ3n) is 3.19. The van der Waals surface area contributed by atoms with Gasteiger partial charge in [-0.3, -0.25) is 4.99 Å². The van der Waals surface area contributed by atoms with Crippen molar-refractivity contribution in [3.8, 4) is 5.75 Å². The second-order valence-corrected chi connectivity index (χ2v) is 4.76. The van der Waals surface area contributed by atoms with Gasteiger partial charge in [-0.25, -0.2) is 0 Å². The molecule has 2 aromatic rings. The highest BCUT2D eigenvalue weighted by molar-refractivity contribution is 14.0. The largest absolute Gasteiger partial charge is 0.434 e. The fourth-order valence-electron chi connectivity index (χ4n) is 2.08. The Morgan fingerprint density at radius 3 is 2.54 bits per heavy atom. The van der Waals surface area contributed by atoms with E-state index in [1.54, 1.807) is 25.2 Å². The average molecular weight is 450 g/mol. The molecule has 0 aliphatic rings. The van der Waals surface area contributed by atoms with Crippen LogP contribution in [0.5, 0.6) is 5.75 Å². The lowest BCUT2D eigenvalue weighted by Gasteiger charge is -2.14. The molecule has 0 aliphatic heterocycles. The maximum Gasteiger partial charge on any atom is 0.387 e. The second kappa shape index (κ2) is 10.8. The number of ether oxygens (including phenoxy) is 1. The summed E-state index contributed by atoms with van der Waals surface area (Å²) in [4.78, 5) is 4.11. The Balaban J connectivity index is 0.00000288. The van der Waals surface area contributed by atoms with E-state index < -0.39 is 6.61 Å². The number of halogens is 3. The van der Waals surface area contributed by atoms with Crippen LogP contribution in [0.4, 0.5) is 8.78 Å². The Morgan fingerprint density at radius 1 is 1.17 bits per heavy atom. The molecule has 132 valence electrons. The van der Waals surface area contributed by atoms with Gasteiger partial charge in [0.1, 0.15) is 5.75 Å². The lowest BCUT2D eigenvalue weighted by Crippen LogP contribution is -2.38. The van der Waals surface area contributed by atoms with Crippen molar-refractivity contribution in [2.75, 3.05) is 13.6 Å². The zero-order valence-corrected chi connectivity index (χ0v) is 15.6. The number of alkyl halides is 2. The number of aliphatic imine (C=N–C) groups is 1. The number of hydrogen-bond acceptors (Lipinski definition) is 2. The van der Waals surface area contributed by atoms with Crippen LogP contribution in [0.3, 0.4) is 0 Å². The number of nitrogens with one attached hydrogen (secondary N) is 2. The van der Waals surface area contributed by atoms with Gasteiger partial charge in [-0.1, -0.05) is 18.2 Å². The summed E-state index contributed by atoms with van der Waals surface area (Å²) < 4.78 is 31.3. The lowest BCUT2D eigenvalue weighted by atomic mass is 10.2. The van der Waals surface area contributed by atoms with E-state index in [1.807, 2.05) is 29.1 Å². The van der Waals surface area contributed by atoms with Crippen molar-refractivity contribution in [2.45, 2.75) is 19.7 Å². The molecule has 8 heteroatoms. The summed E-state index contributed by atoms with van der Waals surface area (Å²) in [5.74, 6) is 0.766. The van der Waals surface area contributed by atoms with E-state index in [2.05, 4.69) is 20.4 Å². The Morgan fingerprint density at radius 2 is 1.88 bits per heavy atom. The number of para-hydroxylation sites is 1. The van der Waals surface area contributed by atoms with Crippen LogP contribution in [0, 0.1) is 0 Å². The number of benzene rings is 1. The molecule has 0 unspecified atom stereocenters. The molecule has 5 nitrogen and oxygen atoms in total. The van der Waals surface area contributed by atoms with Gasteiger partial charge in [-0.15, -0.1) is 24.0 Å². The highest BCUT2D eigenvalue weighted by atomic mass is 127. The highest BCUT2D eigenvalue weighted by Gasteiger charge is 2.09. The van der Waals surface area contributed by atoms with Crippen molar-refractivity contribution in [2.24, 2.45) is 4.99 Å². The summed E-state index contributed by atoms with van der Waals surface area (Å²) >= 11 is 0. The molecule has 1 aromatic heterocycles. The first-order valence-electron chi connectivity index (χ1n) is 7.27. The number of hydrogen-bond donors (Lipinski definition) is 2. The summed E-state index contributed by atoms with van der Waals surface area (Å²) in [6.07, 6.45) is 3.96. The normalized spacial score (nSPS) is 11.1. The zero-order valence-electron chi connectivity index (χ0n) is 13.3. The van der Waals surface area contributed by atoms with Gasteiger partial charge in [0, 0.05) is 44.6 Å². The summed E-state index contributed by atoms with van der Waals surface area (Å²) in [5.41, 5.74) is 0.640. The molecule has 0 spiro atoms. The van der Waals surface area contributed by atoms with Gasteiger partial charge in [0.2, 0.25) is 0 Å². The summed E-state index contributed by atoms with van der Waals surface area (Å²) in [7, 11) is 1.66. The maximum atomic E-state index is 12.4. The second-order valence-electron chi connectivity index (χ2n) is 4.76. The van der Waals surface area contributed by atoms with E-state index in [-0.39, 0.29) is 29.7 Å². The lowest BCUT2D eigenvalue weighted by molar-refractivity contribution is -0.0504. The molecular formula is C16H21F2IN4O. The van der Waals surface area contributed by atoms with Crippen LogP contribution in [0.25, 0.3) is 0 Å². The maximum absolute atomic E-state index is 12.4. The molecule has 1 aromatic carbocycles. The Labute approximate surface area is 157 Å². The van der Waals surface area contributed by atoms with Gasteiger partial charge >= 0.3 is 6.61 Å². The number of aromatic nitrogens is 1. The summed E-state index contributed by atoms with van der Waals surface area (Å²) in [6, 6.07) is 10.6. The first-order chi connectivity index (χ1) is 11.2. The van der Waals surface area contributed by atoms with Crippen molar-refractivity contribution in [3.05, 3.63) is 54.4 Å². The summed E-state index contributed by atoms with van der Waals surface area (Å²) in [5, 5.41) is 6.25. The quantitative estimate of drug-likeness (QED) is 0.388. The predicted octanol–water partition coefficient (Wildman–Crippen LogP) is 3.07. The number of guanidine groups is 1.